The highest BCUT2D eigenvalue weighted by Gasteiger charge is 2.40. The lowest BCUT2D eigenvalue weighted by atomic mass is 10.1. The molecule has 5 N–H and O–H groups in total. The number of nitrogens with zero attached hydrogens (tertiary/aromatic N) is 2. The van der Waals surface area contributed by atoms with E-state index >= 15 is 0 Å². The molecule has 170 valence electrons. The van der Waals surface area contributed by atoms with E-state index in [1.165, 1.54) is 4.72 Å². The van der Waals surface area contributed by atoms with Crippen molar-refractivity contribution in [2.75, 3.05) is 16.9 Å². The number of carbonyl (C=O) groups excluding carboxylic acids is 4. The topological polar surface area (TPSA) is 205 Å². The number of alkyl halides is 1. The van der Waals surface area contributed by atoms with E-state index in [1.54, 1.807) is 5.38 Å². The fourth-order valence-electron chi connectivity index (χ4n) is 1.93. The SMILES string of the molecule is O=C(C=NOCc1csc(NC(=O)CCl)n1)N[C@@H]1C(=O)N[C@H]1SCC(=O)NS(=O)(=O)O. The van der Waals surface area contributed by atoms with Crippen molar-refractivity contribution in [3.63, 3.8) is 0 Å². The molecule has 0 spiro atoms. The second-order valence-electron chi connectivity index (χ2n) is 5.56. The average molecular weight is 515 g/mol. The van der Waals surface area contributed by atoms with Crippen molar-refractivity contribution >= 4 is 80.0 Å². The largest absolute Gasteiger partial charge is 0.389 e. The molecule has 1 aromatic heterocycles. The molecule has 0 saturated carbocycles. The predicted molar refractivity (Wildman–Crippen MR) is 111 cm³/mol. The van der Waals surface area contributed by atoms with Crippen molar-refractivity contribution in [1.29, 1.82) is 0 Å². The first-order valence-electron chi connectivity index (χ1n) is 8.03. The van der Waals surface area contributed by atoms with Gasteiger partial charge in [-0.3, -0.25) is 23.7 Å². The van der Waals surface area contributed by atoms with Crippen LogP contribution in [0, 0.1) is 0 Å². The van der Waals surface area contributed by atoms with Gasteiger partial charge >= 0.3 is 10.3 Å². The Kier molecular flexibility index (Phi) is 8.99. The molecule has 4 amide bonds. The Morgan fingerprint density at radius 2 is 2.16 bits per heavy atom. The van der Waals surface area contributed by atoms with Crippen molar-refractivity contribution < 1.29 is 37.0 Å². The van der Waals surface area contributed by atoms with Gasteiger partial charge in [-0.25, -0.2) is 9.71 Å². The van der Waals surface area contributed by atoms with Gasteiger partial charge in [0.25, 0.3) is 5.91 Å². The summed E-state index contributed by atoms with van der Waals surface area (Å²) >= 11 is 7.37. The van der Waals surface area contributed by atoms with E-state index in [2.05, 4.69) is 26.1 Å². The summed E-state index contributed by atoms with van der Waals surface area (Å²) in [7, 11) is -4.67. The van der Waals surface area contributed by atoms with Crippen molar-refractivity contribution in [3.8, 4) is 0 Å². The lowest BCUT2D eigenvalue weighted by Gasteiger charge is -2.35. The molecule has 31 heavy (non-hydrogen) atoms. The van der Waals surface area contributed by atoms with Crippen LogP contribution in [0.3, 0.4) is 0 Å². The quantitative estimate of drug-likeness (QED) is 0.0752. The molecule has 0 unspecified atom stereocenters. The second-order valence-corrected chi connectivity index (χ2v) is 8.97. The smallest absolute Gasteiger partial charge is 0.359 e. The third-order valence-electron chi connectivity index (χ3n) is 3.18. The fraction of sp³-hybridized carbons (Fsp3) is 0.385. The van der Waals surface area contributed by atoms with Crippen LogP contribution in [0.1, 0.15) is 5.69 Å². The molecular formula is C13H15ClN6O8S3. The van der Waals surface area contributed by atoms with Gasteiger partial charge in [-0.1, -0.05) is 5.16 Å². The van der Waals surface area contributed by atoms with Crippen LogP contribution in [0.25, 0.3) is 0 Å². The number of rotatable bonds is 11. The zero-order valence-electron chi connectivity index (χ0n) is 15.2. The minimum atomic E-state index is -4.67. The lowest BCUT2D eigenvalue weighted by molar-refractivity contribution is -0.132. The van der Waals surface area contributed by atoms with Crippen molar-refractivity contribution in [2.45, 2.75) is 18.0 Å². The number of halogens is 1. The highest BCUT2D eigenvalue weighted by Crippen LogP contribution is 2.20. The normalized spacial score (nSPS) is 18.1. The van der Waals surface area contributed by atoms with E-state index < -0.39 is 51.1 Å². The van der Waals surface area contributed by atoms with Gasteiger partial charge in [-0.15, -0.1) is 34.7 Å². The first-order valence-corrected chi connectivity index (χ1v) is 11.9. The van der Waals surface area contributed by atoms with Gasteiger partial charge in [0.05, 0.1) is 11.4 Å². The second kappa shape index (κ2) is 11.2. The van der Waals surface area contributed by atoms with Gasteiger partial charge in [0.15, 0.2) is 11.7 Å². The summed E-state index contributed by atoms with van der Waals surface area (Å²) < 4.78 is 30.9. The molecule has 1 fully saturated rings. The van der Waals surface area contributed by atoms with E-state index in [9.17, 15) is 27.6 Å². The van der Waals surface area contributed by atoms with Crippen LogP contribution in [0.15, 0.2) is 10.5 Å². The molecule has 1 saturated heterocycles. The summed E-state index contributed by atoms with van der Waals surface area (Å²) in [4.78, 5) is 54.9. The van der Waals surface area contributed by atoms with E-state index in [0.29, 0.717) is 10.8 Å². The zero-order valence-corrected chi connectivity index (χ0v) is 18.4. The Morgan fingerprint density at radius 1 is 1.42 bits per heavy atom. The van der Waals surface area contributed by atoms with E-state index in [-0.39, 0.29) is 12.5 Å². The number of oxime groups is 1. The van der Waals surface area contributed by atoms with Crippen LogP contribution < -0.4 is 20.7 Å². The molecule has 18 heteroatoms. The first-order chi connectivity index (χ1) is 14.6. The van der Waals surface area contributed by atoms with Gasteiger partial charge in [0.1, 0.15) is 23.5 Å². The summed E-state index contributed by atoms with van der Waals surface area (Å²) in [6, 6.07) is -0.978. The van der Waals surface area contributed by atoms with Gasteiger partial charge < -0.3 is 20.8 Å². The Balaban J connectivity index is 1.72. The van der Waals surface area contributed by atoms with E-state index in [4.69, 9.17) is 21.0 Å². The van der Waals surface area contributed by atoms with Crippen molar-refractivity contribution in [2.24, 2.45) is 5.16 Å². The molecule has 0 aromatic carbocycles. The standard InChI is InChI=1S/C13H15ClN6O8S3/c14-1-7(21)18-13-16-6(4-30-13)3-28-15-2-8(22)17-10-11(24)19-12(10)29-5-9(23)20-31(25,26)27/h2,4,10,12H,1,3,5H2,(H,17,22)(H,19,24)(H,20,23)(H,16,18,21)(H,25,26,27)/t10-,12+/m1/s1. The maximum Gasteiger partial charge on any atom is 0.359 e. The highest BCUT2D eigenvalue weighted by atomic mass is 35.5. The number of amides is 4. The number of thioether (sulfide) groups is 1. The van der Waals surface area contributed by atoms with Crippen LogP contribution in [0.4, 0.5) is 5.13 Å². The first kappa shape index (κ1) is 24.8. The third-order valence-corrected chi connectivity index (χ3v) is 5.89. The molecule has 0 radical (unpaired) electrons. The molecule has 1 aliphatic rings. The highest BCUT2D eigenvalue weighted by molar-refractivity contribution is 8.00. The fourth-order valence-corrected chi connectivity index (χ4v) is 4.15. The molecule has 0 aliphatic carbocycles. The number of β-lactam (4-membered cyclic amide) rings is 1. The van der Waals surface area contributed by atoms with Crippen LogP contribution in [0.5, 0.6) is 0 Å². The predicted octanol–water partition coefficient (Wildman–Crippen LogP) is -1.58. The summed E-state index contributed by atoms with van der Waals surface area (Å²) in [6.45, 7) is -0.0811. The molecule has 2 rings (SSSR count). The lowest BCUT2D eigenvalue weighted by Crippen LogP contribution is -2.68. The summed E-state index contributed by atoms with van der Waals surface area (Å²) in [5.74, 6) is -3.27. The number of hydrogen-bond acceptors (Lipinski definition) is 11. The van der Waals surface area contributed by atoms with Gasteiger partial charge in [0, 0.05) is 5.38 Å². The Bertz CT molecular complexity index is 984. The van der Waals surface area contributed by atoms with Crippen LogP contribution in [-0.4, -0.2) is 70.8 Å². The third kappa shape index (κ3) is 8.66. The van der Waals surface area contributed by atoms with E-state index in [1.807, 2.05) is 0 Å². The minimum absolute atomic E-state index is 0.0811. The number of hydrogen-bond donors (Lipinski definition) is 5. The number of aromatic nitrogens is 1. The zero-order chi connectivity index (χ0) is 23.0. The molecule has 0 bridgehead atoms. The Morgan fingerprint density at radius 3 is 2.81 bits per heavy atom. The van der Waals surface area contributed by atoms with Gasteiger partial charge in [0.2, 0.25) is 17.7 Å². The monoisotopic (exact) mass is 514 g/mol. The summed E-state index contributed by atoms with van der Waals surface area (Å²) in [5, 5.41) is 11.9. The number of nitrogens with one attached hydrogen (secondary N) is 4. The maximum atomic E-state index is 11.8. The molecular weight excluding hydrogens is 500 g/mol. The molecule has 1 aliphatic heterocycles. The number of anilines is 1. The summed E-state index contributed by atoms with van der Waals surface area (Å²) in [5.41, 5.74) is 0.449. The van der Waals surface area contributed by atoms with Crippen molar-refractivity contribution in [3.05, 3.63) is 11.1 Å². The number of thiazole rings is 1. The Labute approximate surface area is 188 Å². The number of carbonyl (C=O) groups is 4. The van der Waals surface area contributed by atoms with Gasteiger partial charge in [-0.2, -0.15) is 8.42 Å². The van der Waals surface area contributed by atoms with Crippen LogP contribution in [-0.2, 0) is 40.9 Å². The maximum absolute atomic E-state index is 11.8. The summed E-state index contributed by atoms with van der Waals surface area (Å²) in [6.07, 6.45) is 0.793. The van der Waals surface area contributed by atoms with Crippen molar-refractivity contribution in [1.82, 2.24) is 20.3 Å². The van der Waals surface area contributed by atoms with Crippen LogP contribution >= 0.6 is 34.7 Å². The molecule has 2 heterocycles. The molecule has 1 aromatic rings. The Hall–Kier alpha value is -2.47. The van der Waals surface area contributed by atoms with E-state index in [0.717, 1.165) is 29.3 Å². The molecule has 2 atom stereocenters. The van der Waals surface area contributed by atoms with Crippen LogP contribution in [0.2, 0.25) is 0 Å². The minimum Gasteiger partial charge on any atom is -0.389 e. The van der Waals surface area contributed by atoms with Gasteiger partial charge in [-0.05, 0) is 0 Å². The average Bonchev–Trinajstić information content (AvgIpc) is 3.12. The molecule has 14 nitrogen and oxygen atoms in total.